The fraction of sp³-hybridized carbons (Fsp3) is 0.231. The van der Waals surface area contributed by atoms with Crippen LogP contribution in [-0.4, -0.2) is 34.5 Å². The zero-order chi connectivity index (χ0) is 23.5. The van der Waals surface area contributed by atoms with E-state index in [1.54, 1.807) is 71.4 Å². The van der Waals surface area contributed by atoms with Crippen LogP contribution in [0, 0.1) is 0 Å². The molecule has 0 unspecified atom stereocenters. The molecule has 1 aliphatic heterocycles. The van der Waals surface area contributed by atoms with E-state index in [0.29, 0.717) is 38.2 Å². The van der Waals surface area contributed by atoms with Gasteiger partial charge in [-0.05, 0) is 54.4 Å². The first-order valence-electron chi connectivity index (χ1n) is 10.9. The van der Waals surface area contributed by atoms with Crippen molar-refractivity contribution in [2.45, 2.75) is 36.1 Å². The number of carbonyl (C=O) groups excluding carboxylic acids is 2. The molecule has 1 heterocycles. The fourth-order valence-electron chi connectivity index (χ4n) is 3.89. The molecule has 0 aliphatic carbocycles. The summed E-state index contributed by atoms with van der Waals surface area (Å²) in [4.78, 5) is 30.9. The largest absolute Gasteiger partial charge is 0.342 e. The van der Waals surface area contributed by atoms with Gasteiger partial charge in [0.2, 0.25) is 0 Å². The molecule has 1 atom stereocenters. The first-order valence-corrected chi connectivity index (χ1v) is 12.4. The number of nitrogens with zero attached hydrogens (tertiary/aromatic N) is 2. The van der Waals surface area contributed by atoms with E-state index in [4.69, 9.17) is 11.6 Å². The highest BCUT2D eigenvalue weighted by molar-refractivity contribution is 7.85. The van der Waals surface area contributed by atoms with Crippen molar-refractivity contribution in [2.24, 2.45) is 0 Å². The van der Waals surface area contributed by atoms with Crippen molar-refractivity contribution in [3.63, 3.8) is 0 Å². The van der Waals surface area contributed by atoms with E-state index in [-0.39, 0.29) is 18.4 Å². The Bertz CT molecular complexity index is 1240. The highest BCUT2D eigenvalue weighted by Crippen LogP contribution is 2.36. The Kier molecular flexibility index (Phi) is 6.96. The standard InChI is InChI=1S/C26H25ClN2O3S/c1-3-4-14-28(2)25(30)19-12-13-24-22(16-19)29(17-18-8-7-9-20(27)15-18)26(31)21-10-5-6-11-23(21)33(24)32/h5-13,15-16H,3-4,14,17H2,1-2H3/t33-/m1/s1. The zero-order valence-electron chi connectivity index (χ0n) is 18.6. The molecule has 33 heavy (non-hydrogen) atoms. The van der Waals surface area contributed by atoms with Crippen LogP contribution in [0.2, 0.25) is 5.02 Å². The SMILES string of the molecule is CCCCN(C)C(=O)c1ccc2c(c1)N(Cc1cccc(Cl)c1)C(=O)c1ccccc1[S@]2=O. The summed E-state index contributed by atoms with van der Waals surface area (Å²) in [6, 6.07) is 19.3. The second-order valence-electron chi connectivity index (χ2n) is 8.05. The third-order valence-electron chi connectivity index (χ3n) is 5.68. The van der Waals surface area contributed by atoms with Crippen LogP contribution < -0.4 is 4.90 Å². The predicted octanol–water partition coefficient (Wildman–Crippen LogP) is 5.54. The average molecular weight is 481 g/mol. The highest BCUT2D eigenvalue weighted by atomic mass is 35.5. The van der Waals surface area contributed by atoms with E-state index in [1.807, 2.05) is 12.1 Å². The Morgan fingerprint density at radius 2 is 1.82 bits per heavy atom. The zero-order valence-corrected chi connectivity index (χ0v) is 20.2. The number of hydrogen-bond donors (Lipinski definition) is 0. The molecule has 0 saturated carbocycles. The number of hydrogen-bond acceptors (Lipinski definition) is 3. The maximum Gasteiger partial charge on any atom is 0.259 e. The summed E-state index contributed by atoms with van der Waals surface area (Å²) < 4.78 is 13.5. The molecule has 3 aromatic rings. The number of amides is 2. The molecule has 0 saturated heterocycles. The van der Waals surface area contributed by atoms with Crippen LogP contribution in [0.3, 0.4) is 0 Å². The summed E-state index contributed by atoms with van der Waals surface area (Å²) >= 11 is 6.18. The molecule has 7 heteroatoms. The summed E-state index contributed by atoms with van der Waals surface area (Å²) in [6.45, 7) is 2.96. The van der Waals surface area contributed by atoms with Gasteiger partial charge < -0.3 is 9.80 Å². The maximum absolute atomic E-state index is 13.7. The van der Waals surface area contributed by atoms with E-state index in [2.05, 4.69) is 6.92 Å². The van der Waals surface area contributed by atoms with E-state index in [9.17, 15) is 13.8 Å². The minimum Gasteiger partial charge on any atom is -0.342 e. The highest BCUT2D eigenvalue weighted by Gasteiger charge is 2.31. The molecule has 0 fully saturated rings. The van der Waals surface area contributed by atoms with Crippen LogP contribution in [0.5, 0.6) is 0 Å². The van der Waals surface area contributed by atoms with Crippen molar-refractivity contribution in [1.82, 2.24) is 4.90 Å². The van der Waals surface area contributed by atoms with Crippen molar-refractivity contribution in [2.75, 3.05) is 18.5 Å². The van der Waals surface area contributed by atoms with Crippen LogP contribution in [0.4, 0.5) is 5.69 Å². The van der Waals surface area contributed by atoms with E-state index < -0.39 is 10.8 Å². The van der Waals surface area contributed by atoms with E-state index in [1.165, 1.54) is 0 Å². The molecule has 2 amide bonds. The molecule has 0 N–H and O–H groups in total. The van der Waals surface area contributed by atoms with Gasteiger partial charge >= 0.3 is 0 Å². The van der Waals surface area contributed by atoms with Crippen LogP contribution in [0.25, 0.3) is 0 Å². The third kappa shape index (κ3) is 4.72. The van der Waals surface area contributed by atoms with Gasteiger partial charge in [0.15, 0.2) is 0 Å². The first-order chi connectivity index (χ1) is 15.9. The molecule has 0 spiro atoms. The molecular formula is C26H25ClN2O3S. The van der Waals surface area contributed by atoms with Gasteiger partial charge in [-0.25, -0.2) is 4.21 Å². The van der Waals surface area contributed by atoms with Gasteiger partial charge in [0.25, 0.3) is 11.8 Å². The number of carbonyl (C=O) groups is 2. The number of rotatable bonds is 6. The summed E-state index contributed by atoms with van der Waals surface area (Å²) in [6.07, 6.45) is 1.90. The second-order valence-corrected chi connectivity index (χ2v) is 9.90. The smallest absolute Gasteiger partial charge is 0.259 e. The molecule has 1 aliphatic rings. The Morgan fingerprint density at radius 1 is 1.03 bits per heavy atom. The Morgan fingerprint density at radius 3 is 2.58 bits per heavy atom. The molecule has 0 bridgehead atoms. The van der Waals surface area contributed by atoms with E-state index >= 15 is 0 Å². The van der Waals surface area contributed by atoms with Crippen molar-refractivity contribution in [3.05, 3.63) is 88.4 Å². The maximum atomic E-state index is 13.7. The van der Waals surface area contributed by atoms with Crippen molar-refractivity contribution < 1.29 is 13.8 Å². The number of unbranched alkanes of at least 4 members (excludes halogenated alkanes) is 1. The van der Waals surface area contributed by atoms with Crippen molar-refractivity contribution >= 4 is 39.9 Å². The Labute approximate surface area is 201 Å². The number of fused-ring (bicyclic) bond motifs is 2. The summed E-state index contributed by atoms with van der Waals surface area (Å²) in [5.74, 6) is -0.393. The van der Waals surface area contributed by atoms with Crippen LogP contribution >= 0.6 is 11.6 Å². The molecule has 5 nitrogen and oxygen atoms in total. The molecule has 0 radical (unpaired) electrons. The lowest BCUT2D eigenvalue weighted by Crippen LogP contribution is -2.31. The molecule has 0 aromatic heterocycles. The van der Waals surface area contributed by atoms with Crippen molar-refractivity contribution in [1.29, 1.82) is 0 Å². The lowest BCUT2D eigenvalue weighted by molar-refractivity contribution is 0.0792. The van der Waals surface area contributed by atoms with Gasteiger partial charge in [-0.1, -0.05) is 49.2 Å². The molecule has 170 valence electrons. The quantitative estimate of drug-likeness (QED) is 0.465. The minimum absolute atomic E-state index is 0.131. The van der Waals surface area contributed by atoms with Gasteiger partial charge in [-0.2, -0.15) is 0 Å². The van der Waals surface area contributed by atoms with Gasteiger partial charge in [-0.15, -0.1) is 0 Å². The topological polar surface area (TPSA) is 57.7 Å². The van der Waals surface area contributed by atoms with Crippen LogP contribution in [0.1, 0.15) is 46.0 Å². The molecular weight excluding hydrogens is 456 g/mol. The predicted molar refractivity (Wildman–Crippen MR) is 131 cm³/mol. The Hall–Kier alpha value is -2.96. The summed E-state index contributed by atoms with van der Waals surface area (Å²) in [5.41, 5.74) is 2.16. The lowest BCUT2D eigenvalue weighted by atomic mass is 10.1. The van der Waals surface area contributed by atoms with Gasteiger partial charge in [0, 0.05) is 24.2 Å². The summed E-state index contributed by atoms with van der Waals surface area (Å²) in [5, 5.41) is 0.570. The van der Waals surface area contributed by atoms with Gasteiger partial charge in [0.05, 0.1) is 38.4 Å². The first kappa shape index (κ1) is 23.2. The average Bonchev–Trinajstić information content (AvgIpc) is 2.91. The minimum atomic E-state index is -1.56. The van der Waals surface area contributed by atoms with Crippen molar-refractivity contribution in [3.8, 4) is 0 Å². The van der Waals surface area contributed by atoms with Gasteiger partial charge in [-0.3, -0.25) is 9.59 Å². The number of anilines is 1. The second kappa shape index (κ2) is 9.89. The number of benzene rings is 3. The fourth-order valence-corrected chi connectivity index (χ4v) is 5.45. The summed E-state index contributed by atoms with van der Waals surface area (Å²) in [7, 11) is 0.209. The Balaban J connectivity index is 1.83. The number of halogens is 1. The normalized spacial score (nSPS) is 14.9. The van der Waals surface area contributed by atoms with Crippen LogP contribution in [0.15, 0.2) is 76.5 Å². The van der Waals surface area contributed by atoms with E-state index in [0.717, 1.165) is 18.4 Å². The van der Waals surface area contributed by atoms with Crippen LogP contribution in [-0.2, 0) is 17.3 Å². The molecule has 3 aromatic carbocycles. The lowest BCUT2D eigenvalue weighted by Gasteiger charge is -2.24. The third-order valence-corrected chi connectivity index (χ3v) is 7.42. The van der Waals surface area contributed by atoms with Gasteiger partial charge in [0.1, 0.15) is 0 Å². The monoisotopic (exact) mass is 480 g/mol. The molecule has 4 rings (SSSR count).